The number of fused-ring (bicyclic) bond motifs is 2. The van der Waals surface area contributed by atoms with Crippen molar-refractivity contribution in [3.8, 4) is 28.8 Å². The number of aromatic hydroxyl groups is 1. The van der Waals surface area contributed by atoms with Crippen molar-refractivity contribution in [1.29, 1.82) is 0 Å². The molecule has 5 heterocycles. The number of nitrogens with two attached hydrogens (primary N) is 1. The summed E-state index contributed by atoms with van der Waals surface area (Å²) in [6.07, 6.45) is 6.95. The first-order valence-electron chi connectivity index (χ1n) is 13.2. The Labute approximate surface area is 217 Å². The summed E-state index contributed by atoms with van der Waals surface area (Å²) in [7, 11) is 0. The van der Waals surface area contributed by atoms with Crippen molar-refractivity contribution in [2.24, 2.45) is 5.41 Å². The summed E-state index contributed by atoms with van der Waals surface area (Å²) in [4.78, 5) is 11.8. The van der Waals surface area contributed by atoms with Crippen LogP contribution in [0.4, 0.5) is 17.2 Å². The number of para-hydroxylation sites is 1. The normalized spacial score (nSPS) is 23.5. The van der Waals surface area contributed by atoms with Gasteiger partial charge in [0.15, 0.2) is 5.82 Å². The first kappa shape index (κ1) is 22.4. The molecular weight excluding hydrogens is 462 g/mol. The van der Waals surface area contributed by atoms with Crippen LogP contribution in [-0.2, 0) is 0 Å². The lowest BCUT2D eigenvalue weighted by Gasteiger charge is -2.43. The molecule has 1 aliphatic carbocycles. The van der Waals surface area contributed by atoms with Gasteiger partial charge in [0.25, 0.3) is 0 Å². The topological polar surface area (TPSA) is 94.6 Å². The third-order valence-electron chi connectivity index (χ3n) is 8.44. The molecule has 4 fully saturated rings. The van der Waals surface area contributed by atoms with Gasteiger partial charge in [0, 0.05) is 55.7 Å². The molecule has 1 spiro atoms. The van der Waals surface area contributed by atoms with E-state index < -0.39 is 0 Å². The van der Waals surface area contributed by atoms with E-state index in [2.05, 4.69) is 53.9 Å². The van der Waals surface area contributed by atoms with Crippen LogP contribution >= 0.6 is 0 Å². The van der Waals surface area contributed by atoms with Crippen LogP contribution in [0.15, 0.2) is 48.7 Å². The smallest absolute Gasteiger partial charge is 0.169 e. The number of hydrogen-bond acceptors (Lipinski definition) is 8. The molecule has 3 aromatic rings. The van der Waals surface area contributed by atoms with E-state index in [-0.39, 0.29) is 5.75 Å². The highest BCUT2D eigenvalue weighted by atomic mass is 16.3. The average molecular weight is 494 g/mol. The second-order valence-corrected chi connectivity index (χ2v) is 11.1. The lowest BCUT2D eigenvalue weighted by molar-refractivity contribution is 0.0984. The number of pyridine rings is 1. The van der Waals surface area contributed by atoms with Crippen molar-refractivity contribution in [1.82, 2.24) is 20.1 Å². The number of nitrogen functional groups attached to an aromatic ring is 1. The maximum Gasteiger partial charge on any atom is 0.169 e. The highest BCUT2D eigenvalue weighted by molar-refractivity contribution is 5.74. The Morgan fingerprint density at radius 3 is 2.57 bits per heavy atom. The quantitative estimate of drug-likeness (QED) is 0.536. The van der Waals surface area contributed by atoms with Gasteiger partial charge in [0.05, 0.1) is 17.9 Å². The molecule has 37 heavy (non-hydrogen) atoms. The lowest BCUT2D eigenvalue weighted by atomic mass is 9.97. The minimum absolute atomic E-state index is 0.186. The summed E-state index contributed by atoms with van der Waals surface area (Å²) >= 11 is 0. The second-order valence-electron chi connectivity index (χ2n) is 11.1. The number of phenols is 1. The van der Waals surface area contributed by atoms with Crippen molar-refractivity contribution < 1.29 is 5.11 Å². The minimum atomic E-state index is 0.186. The third kappa shape index (κ3) is 4.13. The molecule has 2 bridgehead atoms. The molecule has 2 aromatic heterocycles. The van der Waals surface area contributed by atoms with Gasteiger partial charge in [-0.25, -0.2) is 4.98 Å². The van der Waals surface area contributed by atoms with E-state index in [9.17, 15) is 5.11 Å². The molecular formula is C29H31N7O. The predicted molar refractivity (Wildman–Crippen MR) is 144 cm³/mol. The number of benzene rings is 1. The Morgan fingerprint density at radius 2 is 1.81 bits per heavy atom. The SMILES string of the molecule is Nc1nnc(-c2ccccc2O)cc1N1CC2CCC(C1)N2c1ccnc(C#CCN2CC3(CC3)C2)c1. The molecule has 8 nitrogen and oxygen atoms in total. The van der Waals surface area contributed by atoms with Crippen molar-refractivity contribution in [3.05, 3.63) is 54.4 Å². The van der Waals surface area contributed by atoms with E-state index in [1.165, 1.54) is 31.6 Å². The van der Waals surface area contributed by atoms with E-state index in [0.29, 0.717) is 34.6 Å². The van der Waals surface area contributed by atoms with E-state index in [1.54, 1.807) is 12.1 Å². The monoisotopic (exact) mass is 493 g/mol. The fourth-order valence-corrected chi connectivity index (χ4v) is 6.39. The highest BCUT2D eigenvalue weighted by Crippen LogP contribution is 2.52. The second kappa shape index (κ2) is 8.63. The number of phenolic OH excluding ortho intramolecular Hbond substituents is 1. The Morgan fingerprint density at radius 1 is 1.03 bits per heavy atom. The van der Waals surface area contributed by atoms with Gasteiger partial charge in [-0.3, -0.25) is 4.90 Å². The Hall–Kier alpha value is -3.83. The zero-order chi connectivity index (χ0) is 25.0. The Balaban J connectivity index is 1.07. The van der Waals surface area contributed by atoms with Gasteiger partial charge in [-0.05, 0) is 67.4 Å². The first-order valence-corrected chi connectivity index (χ1v) is 13.2. The van der Waals surface area contributed by atoms with Crippen LogP contribution in [0.1, 0.15) is 31.4 Å². The minimum Gasteiger partial charge on any atom is -0.507 e. The summed E-state index contributed by atoms with van der Waals surface area (Å²) in [5.74, 6) is 7.24. The van der Waals surface area contributed by atoms with E-state index in [4.69, 9.17) is 5.73 Å². The van der Waals surface area contributed by atoms with Crippen LogP contribution in [0.3, 0.4) is 0 Å². The zero-order valence-corrected chi connectivity index (χ0v) is 20.8. The molecule has 1 saturated carbocycles. The van der Waals surface area contributed by atoms with E-state index >= 15 is 0 Å². The zero-order valence-electron chi connectivity index (χ0n) is 20.8. The van der Waals surface area contributed by atoms with E-state index in [0.717, 1.165) is 43.9 Å². The molecule has 7 rings (SSSR count). The van der Waals surface area contributed by atoms with Crippen LogP contribution in [-0.4, -0.2) is 70.0 Å². The van der Waals surface area contributed by atoms with Gasteiger partial charge in [0.1, 0.15) is 11.4 Å². The number of rotatable bonds is 4. The summed E-state index contributed by atoms with van der Waals surface area (Å²) in [5.41, 5.74) is 11.2. The number of aromatic nitrogens is 3. The average Bonchev–Trinajstić information content (AvgIpc) is 3.64. The van der Waals surface area contributed by atoms with Crippen LogP contribution < -0.4 is 15.5 Å². The van der Waals surface area contributed by atoms with Crippen molar-refractivity contribution >= 4 is 17.2 Å². The number of piperazine rings is 1. The highest BCUT2D eigenvalue weighted by Gasteiger charge is 2.51. The van der Waals surface area contributed by atoms with E-state index in [1.807, 2.05) is 24.4 Å². The van der Waals surface area contributed by atoms with Gasteiger partial charge in [0.2, 0.25) is 0 Å². The molecule has 3 saturated heterocycles. The van der Waals surface area contributed by atoms with Gasteiger partial charge in [-0.15, -0.1) is 10.2 Å². The summed E-state index contributed by atoms with van der Waals surface area (Å²) in [6, 6.07) is 14.1. The molecule has 0 radical (unpaired) electrons. The Kier molecular flexibility index (Phi) is 5.22. The molecule has 3 aliphatic heterocycles. The van der Waals surface area contributed by atoms with Crippen molar-refractivity contribution in [3.63, 3.8) is 0 Å². The maximum absolute atomic E-state index is 10.3. The van der Waals surface area contributed by atoms with Gasteiger partial charge < -0.3 is 20.6 Å². The number of nitrogens with zero attached hydrogens (tertiary/aromatic N) is 6. The first-order chi connectivity index (χ1) is 18.1. The number of hydrogen-bond donors (Lipinski definition) is 2. The molecule has 188 valence electrons. The lowest BCUT2D eigenvalue weighted by Crippen LogP contribution is -2.54. The summed E-state index contributed by atoms with van der Waals surface area (Å²) in [6.45, 7) is 4.98. The summed E-state index contributed by atoms with van der Waals surface area (Å²) in [5, 5.41) is 18.8. The number of anilines is 3. The fraction of sp³-hybridized carbons (Fsp3) is 0.414. The largest absolute Gasteiger partial charge is 0.507 e. The van der Waals surface area contributed by atoms with Gasteiger partial charge in [-0.2, -0.15) is 0 Å². The Bertz CT molecular complexity index is 1390. The van der Waals surface area contributed by atoms with Crippen molar-refractivity contribution in [2.45, 2.75) is 37.8 Å². The van der Waals surface area contributed by atoms with Crippen LogP contribution in [0, 0.1) is 17.3 Å². The maximum atomic E-state index is 10.3. The third-order valence-corrected chi connectivity index (χ3v) is 8.44. The molecule has 2 atom stereocenters. The molecule has 2 unspecified atom stereocenters. The van der Waals surface area contributed by atoms with Gasteiger partial charge >= 0.3 is 0 Å². The predicted octanol–water partition coefficient (Wildman–Crippen LogP) is 3.13. The molecule has 8 heteroatoms. The van der Waals surface area contributed by atoms with Crippen molar-refractivity contribution in [2.75, 3.05) is 48.3 Å². The van der Waals surface area contributed by atoms with Crippen LogP contribution in [0.25, 0.3) is 11.3 Å². The van der Waals surface area contributed by atoms with Crippen LogP contribution in [0.2, 0.25) is 0 Å². The number of likely N-dealkylation sites (tertiary alicyclic amines) is 1. The molecule has 1 aromatic carbocycles. The fourth-order valence-electron chi connectivity index (χ4n) is 6.39. The summed E-state index contributed by atoms with van der Waals surface area (Å²) < 4.78 is 0. The molecule has 4 aliphatic rings. The van der Waals surface area contributed by atoms with Gasteiger partial charge in [-0.1, -0.05) is 18.1 Å². The standard InChI is InChI=1S/C29H31N7O/c30-28-26(15-25(32-33-28)24-5-1-2-6-27(24)37)35-16-22-7-8-23(17-35)36(22)21-9-12-31-20(14-21)4-3-13-34-18-29(19-34)10-11-29/h1-2,5-6,9,12,14-15,22-23,37H,7-8,10-11,13,16-19H2,(H2,30,33). The van der Waals surface area contributed by atoms with Crippen LogP contribution in [0.5, 0.6) is 5.75 Å². The molecule has 0 amide bonds. The molecule has 3 N–H and O–H groups in total.